The van der Waals surface area contributed by atoms with Crippen molar-refractivity contribution in [1.82, 2.24) is 4.57 Å². The molecule has 11 aromatic rings. The highest BCUT2D eigenvalue weighted by Crippen LogP contribution is 2.57. The molecule has 1 aliphatic carbocycles. The van der Waals surface area contributed by atoms with Crippen LogP contribution in [0, 0.1) is 0 Å². The molecule has 1 aliphatic rings. The molecule has 0 saturated heterocycles. The molecule has 1 aromatic heterocycles. The van der Waals surface area contributed by atoms with Gasteiger partial charge in [-0.1, -0.05) is 206 Å². The Morgan fingerprint density at radius 2 is 0.597 bits per heavy atom. The van der Waals surface area contributed by atoms with Gasteiger partial charge in [0, 0.05) is 16.5 Å². The summed E-state index contributed by atoms with van der Waals surface area (Å²) in [4.78, 5) is 0. The summed E-state index contributed by atoms with van der Waals surface area (Å²) in [6, 6.07) is 91.7. The van der Waals surface area contributed by atoms with Crippen LogP contribution < -0.4 is 0 Å². The Morgan fingerprint density at radius 1 is 0.258 bits per heavy atom. The van der Waals surface area contributed by atoms with E-state index in [1.165, 1.54) is 99.7 Å². The predicted octanol–water partition coefficient (Wildman–Crippen LogP) is 15.8. The normalized spacial score (nSPS) is 12.6. The number of aromatic nitrogens is 1. The summed E-state index contributed by atoms with van der Waals surface area (Å²) in [5, 5.41) is 2.48. The first-order chi connectivity index (χ1) is 30.7. The van der Waals surface area contributed by atoms with Gasteiger partial charge < -0.3 is 4.57 Å². The molecule has 0 spiro atoms. The van der Waals surface area contributed by atoms with E-state index in [-0.39, 0.29) is 0 Å². The van der Waals surface area contributed by atoms with Crippen LogP contribution in [0.3, 0.4) is 0 Å². The SMILES string of the molecule is c1ccc(-c2ccc(-c3ccc4c(c3)C(c3ccccc3)(c3ccccc3)c3cc(-n5c6ccc(-c7ccccc7)cc6c6cc(-c7ccccc7)ccc65)ccc3-4)cc2)cc1. The van der Waals surface area contributed by atoms with Gasteiger partial charge in [-0.2, -0.15) is 0 Å². The van der Waals surface area contributed by atoms with E-state index in [4.69, 9.17) is 0 Å². The third-order valence-electron chi connectivity index (χ3n) is 13.1. The lowest BCUT2D eigenvalue weighted by Gasteiger charge is -2.34. The Kier molecular flexibility index (Phi) is 8.47. The summed E-state index contributed by atoms with van der Waals surface area (Å²) in [6.45, 7) is 0. The van der Waals surface area contributed by atoms with Crippen molar-refractivity contribution in [3.05, 3.63) is 271 Å². The Hall–Kier alpha value is -8.00. The van der Waals surface area contributed by atoms with E-state index in [0.717, 1.165) is 5.69 Å². The van der Waals surface area contributed by atoms with Crippen LogP contribution in [0.15, 0.2) is 249 Å². The third kappa shape index (κ3) is 5.70. The second-order valence-corrected chi connectivity index (χ2v) is 16.4. The van der Waals surface area contributed by atoms with Gasteiger partial charge in [-0.15, -0.1) is 0 Å². The Balaban J connectivity index is 1.09. The maximum absolute atomic E-state index is 2.48. The van der Waals surface area contributed by atoms with Crippen LogP contribution >= 0.6 is 0 Å². The fourth-order valence-electron chi connectivity index (χ4n) is 10.2. The molecule has 0 amide bonds. The van der Waals surface area contributed by atoms with Gasteiger partial charge in [-0.05, 0) is 120 Å². The summed E-state index contributed by atoms with van der Waals surface area (Å²) in [7, 11) is 0. The molecule has 10 aromatic carbocycles. The molecule has 0 radical (unpaired) electrons. The van der Waals surface area contributed by atoms with E-state index >= 15 is 0 Å². The molecule has 0 atom stereocenters. The standard InChI is InChI=1S/C61H41N/c1-6-16-42(17-7-1)45-26-28-46(29-27-45)49-30-34-53-54-35-33-52(41-58(54)61(57(53)40-49,50-22-12-4-13-23-50)51-24-14-5-15-25-51)62-59-36-31-47(43-18-8-2-9-19-43)38-55(59)56-39-48(32-37-60(56)62)44-20-10-3-11-21-44/h1-41H. The Morgan fingerprint density at radius 3 is 1.08 bits per heavy atom. The molecule has 290 valence electrons. The van der Waals surface area contributed by atoms with Crippen molar-refractivity contribution in [3.63, 3.8) is 0 Å². The number of benzene rings is 10. The van der Waals surface area contributed by atoms with Crippen LogP contribution in [0.2, 0.25) is 0 Å². The van der Waals surface area contributed by atoms with Gasteiger partial charge in [0.05, 0.1) is 16.4 Å². The fraction of sp³-hybridized carbons (Fsp3) is 0.0164. The average molecular weight is 788 g/mol. The minimum Gasteiger partial charge on any atom is -0.309 e. The lowest BCUT2D eigenvalue weighted by Crippen LogP contribution is -2.28. The molecule has 0 fully saturated rings. The molecule has 1 heteroatoms. The van der Waals surface area contributed by atoms with Crippen molar-refractivity contribution < 1.29 is 0 Å². The predicted molar refractivity (Wildman–Crippen MR) is 260 cm³/mol. The van der Waals surface area contributed by atoms with Crippen molar-refractivity contribution in [2.75, 3.05) is 0 Å². The molecular formula is C61H41N. The third-order valence-corrected chi connectivity index (χ3v) is 13.1. The van der Waals surface area contributed by atoms with Gasteiger partial charge in [0.1, 0.15) is 0 Å². The molecule has 0 unspecified atom stereocenters. The zero-order valence-electron chi connectivity index (χ0n) is 34.1. The molecule has 0 aliphatic heterocycles. The molecule has 1 nitrogen and oxygen atoms in total. The molecule has 1 heterocycles. The monoisotopic (exact) mass is 787 g/mol. The highest BCUT2D eigenvalue weighted by molar-refractivity contribution is 6.12. The minimum atomic E-state index is -0.567. The van der Waals surface area contributed by atoms with Gasteiger partial charge in [-0.3, -0.25) is 0 Å². The van der Waals surface area contributed by atoms with E-state index in [0.29, 0.717) is 0 Å². The summed E-state index contributed by atoms with van der Waals surface area (Å²) in [5.74, 6) is 0. The zero-order valence-corrected chi connectivity index (χ0v) is 34.1. The summed E-state index contributed by atoms with van der Waals surface area (Å²) >= 11 is 0. The second kappa shape index (κ2) is 14.6. The van der Waals surface area contributed by atoms with Gasteiger partial charge >= 0.3 is 0 Å². The van der Waals surface area contributed by atoms with Gasteiger partial charge in [0.2, 0.25) is 0 Å². The van der Waals surface area contributed by atoms with Crippen molar-refractivity contribution >= 4 is 21.8 Å². The molecular weight excluding hydrogens is 747 g/mol. The largest absolute Gasteiger partial charge is 0.309 e. The van der Waals surface area contributed by atoms with Gasteiger partial charge in [0.15, 0.2) is 0 Å². The topological polar surface area (TPSA) is 4.93 Å². The first kappa shape index (κ1) is 35.9. The number of rotatable bonds is 7. The van der Waals surface area contributed by atoms with Crippen LogP contribution in [-0.2, 0) is 5.41 Å². The van der Waals surface area contributed by atoms with Crippen LogP contribution in [-0.4, -0.2) is 4.57 Å². The van der Waals surface area contributed by atoms with Crippen molar-refractivity contribution in [1.29, 1.82) is 0 Å². The number of hydrogen-bond acceptors (Lipinski definition) is 0. The summed E-state index contributed by atoms with van der Waals surface area (Å²) < 4.78 is 2.48. The number of hydrogen-bond donors (Lipinski definition) is 0. The molecule has 62 heavy (non-hydrogen) atoms. The van der Waals surface area contributed by atoms with E-state index in [2.05, 4.69) is 253 Å². The van der Waals surface area contributed by atoms with Crippen LogP contribution in [0.5, 0.6) is 0 Å². The molecule has 12 rings (SSSR count). The van der Waals surface area contributed by atoms with E-state index in [1.54, 1.807) is 0 Å². The maximum Gasteiger partial charge on any atom is 0.0714 e. The average Bonchev–Trinajstić information content (AvgIpc) is 3.84. The zero-order chi connectivity index (χ0) is 41.0. The summed E-state index contributed by atoms with van der Waals surface area (Å²) in [6.07, 6.45) is 0. The number of nitrogens with zero attached hydrogens (tertiary/aromatic N) is 1. The highest BCUT2D eigenvalue weighted by atomic mass is 15.0. The van der Waals surface area contributed by atoms with E-state index in [1.807, 2.05) is 0 Å². The van der Waals surface area contributed by atoms with Crippen molar-refractivity contribution in [3.8, 4) is 61.3 Å². The Bertz CT molecular complexity index is 3270. The lowest BCUT2D eigenvalue weighted by molar-refractivity contribution is 0.768. The highest BCUT2D eigenvalue weighted by Gasteiger charge is 2.46. The van der Waals surface area contributed by atoms with Crippen molar-refractivity contribution in [2.24, 2.45) is 0 Å². The quantitative estimate of drug-likeness (QED) is 0.152. The first-order valence-electron chi connectivity index (χ1n) is 21.5. The molecule has 0 saturated carbocycles. The van der Waals surface area contributed by atoms with Crippen LogP contribution in [0.1, 0.15) is 22.3 Å². The van der Waals surface area contributed by atoms with Crippen LogP contribution in [0.4, 0.5) is 0 Å². The van der Waals surface area contributed by atoms with Crippen molar-refractivity contribution in [2.45, 2.75) is 5.41 Å². The number of fused-ring (bicyclic) bond motifs is 6. The summed E-state index contributed by atoms with van der Waals surface area (Å²) in [5.41, 5.74) is 20.3. The first-order valence-corrected chi connectivity index (χ1v) is 21.5. The van der Waals surface area contributed by atoms with Gasteiger partial charge in [-0.25, -0.2) is 0 Å². The van der Waals surface area contributed by atoms with Crippen LogP contribution in [0.25, 0.3) is 83.1 Å². The van der Waals surface area contributed by atoms with Gasteiger partial charge in [0.25, 0.3) is 0 Å². The molecule has 0 bridgehead atoms. The van der Waals surface area contributed by atoms with E-state index in [9.17, 15) is 0 Å². The lowest BCUT2D eigenvalue weighted by atomic mass is 9.67. The smallest absolute Gasteiger partial charge is 0.0714 e. The maximum atomic E-state index is 2.48. The molecule has 0 N–H and O–H groups in total. The minimum absolute atomic E-state index is 0.567. The Labute approximate surface area is 362 Å². The van der Waals surface area contributed by atoms with E-state index < -0.39 is 5.41 Å². The fourth-order valence-corrected chi connectivity index (χ4v) is 10.2. The second-order valence-electron chi connectivity index (χ2n) is 16.4.